The van der Waals surface area contributed by atoms with Gasteiger partial charge in [-0.2, -0.15) is 9.38 Å². The number of nitro groups is 1. The van der Waals surface area contributed by atoms with E-state index >= 15 is 0 Å². The highest BCUT2D eigenvalue weighted by molar-refractivity contribution is 7.15. The van der Waals surface area contributed by atoms with Gasteiger partial charge in [-0.05, 0) is 12.0 Å². The first-order chi connectivity index (χ1) is 7.74. The SMILES string of the molecule is CNCCOc1nc2sccn2c1[N+](=O)[O-]. The van der Waals surface area contributed by atoms with E-state index in [1.165, 1.54) is 15.7 Å². The maximum atomic E-state index is 10.9. The highest BCUT2D eigenvalue weighted by atomic mass is 32.1. The van der Waals surface area contributed by atoms with Crippen molar-refractivity contribution in [3.8, 4) is 5.88 Å². The molecule has 2 heterocycles. The van der Waals surface area contributed by atoms with Crippen LogP contribution in [0.15, 0.2) is 11.6 Å². The Morgan fingerprint density at radius 2 is 2.56 bits per heavy atom. The van der Waals surface area contributed by atoms with E-state index in [0.29, 0.717) is 18.1 Å². The predicted molar refractivity (Wildman–Crippen MR) is 59.1 cm³/mol. The summed E-state index contributed by atoms with van der Waals surface area (Å²) in [5.74, 6) is -0.0422. The number of ether oxygens (including phenoxy) is 1. The average Bonchev–Trinajstić information content (AvgIpc) is 2.76. The van der Waals surface area contributed by atoms with Gasteiger partial charge in [0.15, 0.2) is 0 Å². The maximum absolute atomic E-state index is 10.9. The van der Waals surface area contributed by atoms with E-state index in [1.54, 1.807) is 18.6 Å². The summed E-state index contributed by atoms with van der Waals surface area (Å²) in [7, 11) is 1.78. The lowest BCUT2D eigenvalue weighted by atomic mass is 10.6. The molecule has 16 heavy (non-hydrogen) atoms. The summed E-state index contributed by atoms with van der Waals surface area (Å²) in [6, 6.07) is 0. The normalized spacial score (nSPS) is 10.8. The number of hydrogen-bond donors (Lipinski definition) is 1. The number of likely N-dealkylation sites (N-methyl/N-ethyl adjacent to an activating group) is 1. The quantitative estimate of drug-likeness (QED) is 0.478. The van der Waals surface area contributed by atoms with Gasteiger partial charge in [-0.25, -0.2) is 0 Å². The zero-order chi connectivity index (χ0) is 11.5. The number of aromatic nitrogens is 2. The second-order valence-electron chi connectivity index (χ2n) is 3.01. The van der Waals surface area contributed by atoms with Gasteiger partial charge < -0.3 is 20.2 Å². The Balaban J connectivity index is 2.32. The summed E-state index contributed by atoms with van der Waals surface area (Å²) >= 11 is 1.33. The molecule has 2 aromatic heterocycles. The van der Waals surface area contributed by atoms with Crippen molar-refractivity contribution < 1.29 is 9.66 Å². The number of fused-ring (bicyclic) bond motifs is 1. The molecule has 2 aromatic rings. The van der Waals surface area contributed by atoms with E-state index < -0.39 is 4.92 Å². The standard InChI is InChI=1S/C8H10N4O3S/c1-9-2-4-15-6-7(12(13)14)11-3-5-16-8(11)10-6/h3,5,9H,2,4H2,1H3. The molecule has 0 atom stereocenters. The Morgan fingerprint density at radius 3 is 3.25 bits per heavy atom. The molecule has 0 aliphatic rings. The molecule has 86 valence electrons. The molecule has 0 bridgehead atoms. The summed E-state index contributed by atoms with van der Waals surface area (Å²) in [6.45, 7) is 0.963. The van der Waals surface area contributed by atoms with Crippen LogP contribution < -0.4 is 10.1 Å². The summed E-state index contributed by atoms with van der Waals surface area (Å²) in [4.78, 5) is 15.0. The lowest BCUT2D eigenvalue weighted by molar-refractivity contribution is -0.391. The van der Waals surface area contributed by atoms with Crippen LogP contribution in [0.2, 0.25) is 0 Å². The molecular formula is C8H10N4O3S. The molecular weight excluding hydrogens is 232 g/mol. The highest BCUT2D eigenvalue weighted by Gasteiger charge is 2.24. The van der Waals surface area contributed by atoms with E-state index in [4.69, 9.17) is 4.74 Å². The summed E-state index contributed by atoms with van der Waals surface area (Å²) in [5, 5.41) is 15.5. The number of hydrogen-bond acceptors (Lipinski definition) is 6. The van der Waals surface area contributed by atoms with Crippen LogP contribution in [0.1, 0.15) is 0 Å². The number of rotatable bonds is 5. The number of thiazole rings is 1. The van der Waals surface area contributed by atoms with E-state index in [0.717, 1.165) is 0 Å². The molecule has 0 aliphatic heterocycles. The van der Waals surface area contributed by atoms with Crippen LogP contribution in [0.4, 0.5) is 5.82 Å². The molecule has 7 nitrogen and oxygen atoms in total. The Kier molecular flexibility index (Phi) is 3.02. The monoisotopic (exact) mass is 242 g/mol. The van der Waals surface area contributed by atoms with Crippen molar-refractivity contribution in [1.29, 1.82) is 0 Å². The third kappa shape index (κ3) is 1.84. The fourth-order valence-electron chi connectivity index (χ4n) is 1.27. The first-order valence-electron chi connectivity index (χ1n) is 4.61. The van der Waals surface area contributed by atoms with Crippen molar-refractivity contribution in [2.24, 2.45) is 0 Å². The van der Waals surface area contributed by atoms with Crippen molar-refractivity contribution >= 4 is 22.1 Å². The van der Waals surface area contributed by atoms with Crippen molar-refractivity contribution in [3.05, 3.63) is 21.7 Å². The third-order valence-corrected chi connectivity index (χ3v) is 2.73. The molecule has 0 unspecified atom stereocenters. The zero-order valence-corrected chi connectivity index (χ0v) is 9.36. The van der Waals surface area contributed by atoms with Gasteiger partial charge in [0.05, 0.1) is 0 Å². The van der Waals surface area contributed by atoms with Gasteiger partial charge in [0.2, 0.25) is 0 Å². The Hall–Kier alpha value is -1.67. The van der Waals surface area contributed by atoms with Gasteiger partial charge in [0.25, 0.3) is 4.96 Å². The van der Waals surface area contributed by atoms with Gasteiger partial charge >= 0.3 is 11.7 Å². The van der Waals surface area contributed by atoms with Crippen LogP contribution in [0, 0.1) is 10.1 Å². The molecule has 0 radical (unpaired) electrons. The Bertz CT molecular complexity index is 506. The number of imidazole rings is 1. The predicted octanol–water partition coefficient (Wildman–Crippen LogP) is 0.902. The van der Waals surface area contributed by atoms with Crippen LogP contribution in [-0.2, 0) is 0 Å². The smallest absolute Gasteiger partial charge is 0.393 e. The fraction of sp³-hybridized carbons (Fsp3) is 0.375. The summed E-state index contributed by atoms with van der Waals surface area (Å²) in [5.41, 5.74) is 0. The lowest BCUT2D eigenvalue weighted by Crippen LogP contribution is -2.16. The van der Waals surface area contributed by atoms with Gasteiger partial charge in [0, 0.05) is 11.9 Å². The van der Waals surface area contributed by atoms with E-state index in [-0.39, 0.29) is 11.7 Å². The lowest BCUT2D eigenvalue weighted by Gasteiger charge is -2.01. The molecule has 0 amide bonds. The molecule has 2 rings (SSSR count). The second-order valence-corrected chi connectivity index (χ2v) is 3.88. The van der Waals surface area contributed by atoms with Gasteiger partial charge in [-0.1, -0.05) is 11.3 Å². The van der Waals surface area contributed by atoms with Crippen molar-refractivity contribution in [2.75, 3.05) is 20.2 Å². The molecule has 0 aromatic carbocycles. The average molecular weight is 242 g/mol. The molecule has 0 aliphatic carbocycles. The van der Waals surface area contributed by atoms with E-state index in [2.05, 4.69) is 10.3 Å². The van der Waals surface area contributed by atoms with Gasteiger partial charge in [-0.3, -0.25) is 0 Å². The minimum atomic E-state index is -0.485. The van der Waals surface area contributed by atoms with Gasteiger partial charge in [0.1, 0.15) is 12.8 Å². The van der Waals surface area contributed by atoms with Crippen molar-refractivity contribution in [2.45, 2.75) is 0 Å². The van der Waals surface area contributed by atoms with Crippen LogP contribution >= 0.6 is 11.3 Å². The van der Waals surface area contributed by atoms with Crippen LogP contribution in [0.5, 0.6) is 5.88 Å². The molecule has 0 fully saturated rings. The summed E-state index contributed by atoms with van der Waals surface area (Å²) < 4.78 is 6.67. The van der Waals surface area contributed by atoms with E-state index in [1.807, 2.05) is 0 Å². The highest BCUT2D eigenvalue weighted by Crippen LogP contribution is 2.29. The second kappa shape index (κ2) is 4.45. The zero-order valence-electron chi connectivity index (χ0n) is 8.54. The minimum Gasteiger partial charge on any atom is -0.470 e. The molecule has 0 saturated carbocycles. The topological polar surface area (TPSA) is 81.7 Å². The minimum absolute atomic E-state index is 0.0760. The van der Waals surface area contributed by atoms with Crippen LogP contribution in [0.3, 0.4) is 0 Å². The molecule has 0 saturated heterocycles. The first-order valence-corrected chi connectivity index (χ1v) is 5.49. The third-order valence-electron chi connectivity index (χ3n) is 1.97. The van der Waals surface area contributed by atoms with Crippen LogP contribution in [-0.4, -0.2) is 34.5 Å². The molecule has 1 N–H and O–H groups in total. The fourth-order valence-corrected chi connectivity index (χ4v) is 1.97. The van der Waals surface area contributed by atoms with Crippen molar-refractivity contribution in [1.82, 2.24) is 14.7 Å². The van der Waals surface area contributed by atoms with Gasteiger partial charge in [-0.15, -0.1) is 0 Å². The van der Waals surface area contributed by atoms with Crippen LogP contribution in [0.25, 0.3) is 4.96 Å². The first kappa shape index (κ1) is 10.8. The Labute approximate surface area is 94.8 Å². The maximum Gasteiger partial charge on any atom is 0.393 e. The largest absolute Gasteiger partial charge is 0.470 e. The molecule has 0 spiro atoms. The molecule has 8 heteroatoms. The van der Waals surface area contributed by atoms with Crippen molar-refractivity contribution in [3.63, 3.8) is 0 Å². The number of nitrogens with one attached hydrogen (secondary N) is 1. The summed E-state index contributed by atoms with van der Waals surface area (Å²) in [6.07, 6.45) is 1.61. The Morgan fingerprint density at radius 1 is 1.75 bits per heavy atom. The van der Waals surface area contributed by atoms with E-state index in [9.17, 15) is 10.1 Å². The number of nitrogens with zero attached hydrogens (tertiary/aromatic N) is 3.